The van der Waals surface area contributed by atoms with E-state index >= 15 is 0 Å². The molecular weight excluding hydrogens is 256 g/mol. The summed E-state index contributed by atoms with van der Waals surface area (Å²) in [6.07, 6.45) is -6.42. The number of hydrogen-bond donors (Lipinski definition) is 6. The van der Waals surface area contributed by atoms with Crippen LogP contribution in [-0.4, -0.2) is 80.5 Å². The first kappa shape index (κ1) is 18.2. The van der Waals surface area contributed by atoms with Crippen LogP contribution in [0.4, 0.5) is 0 Å². The molecule has 0 aromatic rings. The fraction of sp³-hybridized carbons (Fsp3) is 0.667. The maximum Gasteiger partial charge on any atom is 0.111 e. The highest BCUT2D eigenvalue weighted by Gasteiger charge is 2.47. The third-order valence-corrected chi connectivity index (χ3v) is 2.57. The molecule has 0 saturated heterocycles. The highest BCUT2D eigenvalue weighted by Crippen LogP contribution is 2.20. The van der Waals surface area contributed by atoms with Gasteiger partial charge in [-0.05, 0) is 0 Å². The van der Waals surface area contributed by atoms with Crippen molar-refractivity contribution in [3.8, 4) is 0 Å². The van der Waals surface area contributed by atoms with Crippen molar-refractivity contribution in [2.45, 2.75) is 36.6 Å². The first-order valence-electron chi connectivity index (χ1n) is 5.76. The van der Waals surface area contributed by atoms with Crippen molar-refractivity contribution < 1.29 is 35.4 Å². The summed E-state index contributed by atoms with van der Waals surface area (Å²) in [6.45, 7) is 8.18. The Labute approximate surface area is 111 Å². The number of aliphatic hydroxyl groups excluding tert-OH is 6. The smallest absolute Gasteiger partial charge is 0.111 e. The second-order valence-corrected chi connectivity index (χ2v) is 4.06. The third kappa shape index (κ3) is 5.37. The zero-order valence-corrected chi connectivity index (χ0v) is 10.5. The Hall–Kier alpha value is -0.800. The molecular formula is C12H22O7. The van der Waals surface area contributed by atoms with Gasteiger partial charge in [0.2, 0.25) is 0 Å². The van der Waals surface area contributed by atoms with Crippen LogP contribution in [0.15, 0.2) is 25.3 Å². The van der Waals surface area contributed by atoms with Crippen LogP contribution < -0.4 is 0 Å². The minimum Gasteiger partial charge on any atom is -0.387 e. The van der Waals surface area contributed by atoms with Crippen molar-refractivity contribution in [1.82, 2.24) is 0 Å². The van der Waals surface area contributed by atoms with Gasteiger partial charge in [-0.1, -0.05) is 12.2 Å². The first-order chi connectivity index (χ1) is 8.88. The van der Waals surface area contributed by atoms with Gasteiger partial charge in [0.1, 0.15) is 36.6 Å². The topological polar surface area (TPSA) is 131 Å². The fourth-order valence-corrected chi connectivity index (χ4v) is 1.45. The van der Waals surface area contributed by atoms with E-state index in [4.69, 9.17) is 35.4 Å². The summed E-state index contributed by atoms with van der Waals surface area (Å²) < 4.78 is 4.90. The Morgan fingerprint density at radius 3 is 1.00 bits per heavy atom. The molecule has 0 radical (unpaired) electrons. The maximum absolute atomic E-state index is 8.97. The lowest BCUT2D eigenvalue weighted by atomic mass is 9.85. The standard InChI is InChI=1S/C6H12O6.C6H10O/c7-1-2(8)4(10)6(12)5(11)3(1)9;1-3-5-7-6-4-2/h1-12H;3-4H,1-2,5-6H2/t1-,2-,3-,4+,5-,6-;. The van der Waals surface area contributed by atoms with Crippen molar-refractivity contribution in [3.05, 3.63) is 25.3 Å². The maximum atomic E-state index is 8.97. The molecule has 0 aromatic carbocycles. The molecule has 1 aliphatic rings. The second kappa shape index (κ2) is 9.16. The summed E-state index contributed by atoms with van der Waals surface area (Å²) in [5, 5.41) is 53.8. The molecule has 1 fully saturated rings. The van der Waals surface area contributed by atoms with Crippen molar-refractivity contribution >= 4 is 0 Å². The molecule has 0 bridgehead atoms. The van der Waals surface area contributed by atoms with Crippen molar-refractivity contribution in [2.75, 3.05) is 13.2 Å². The van der Waals surface area contributed by atoms with Gasteiger partial charge in [0.15, 0.2) is 0 Å². The van der Waals surface area contributed by atoms with E-state index in [2.05, 4.69) is 13.2 Å². The number of ether oxygens (including phenoxy) is 1. The molecule has 7 nitrogen and oxygen atoms in total. The van der Waals surface area contributed by atoms with Crippen LogP contribution in [0.2, 0.25) is 0 Å². The summed E-state index contributed by atoms with van der Waals surface area (Å²) >= 11 is 0. The van der Waals surface area contributed by atoms with E-state index in [1.807, 2.05) is 0 Å². The van der Waals surface area contributed by atoms with Crippen LogP contribution in [0.25, 0.3) is 0 Å². The van der Waals surface area contributed by atoms with E-state index in [0.717, 1.165) is 0 Å². The van der Waals surface area contributed by atoms with Crippen LogP contribution in [0.3, 0.4) is 0 Å². The van der Waals surface area contributed by atoms with Crippen molar-refractivity contribution in [2.24, 2.45) is 0 Å². The Bertz CT molecular complexity index is 204. The van der Waals surface area contributed by atoms with Gasteiger partial charge >= 0.3 is 0 Å². The Morgan fingerprint density at radius 1 is 0.632 bits per heavy atom. The molecule has 0 aliphatic heterocycles. The molecule has 1 rings (SSSR count). The van der Waals surface area contributed by atoms with Gasteiger partial charge in [0, 0.05) is 0 Å². The third-order valence-electron chi connectivity index (χ3n) is 2.57. The van der Waals surface area contributed by atoms with Crippen LogP contribution in [-0.2, 0) is 4.74 Å². The van der Waals surface area contributed by atoms with Gasteiger partial charge < -0.3 is 35.4 Å². The van der Waals surface area contributed by atoms with Crippen LogP contribution in [0, 0.1) is 0 Å². The van der Waals surface area contributed by atoms with Crippen molar-refractivity contribution in [3.63, 3.8) is 0 Å². The SMILES string of the molecule is C=CCOCC=C.O[C@H]1[C@H](O)[C@@H](O)[C@H](O)[C@@H](O)[C@H]1O. The van der Waals surface area contributed by atoms with Gasteiger partial charge in [-0.25, -0.2) is 0 Å². The zero-order valence-electron chi connectivity index (χ0n) is 10.5. The molecule has 0 heterocycles. The average molecular weight is 278 g/mol. The van der Waals surface area contributed by atoms with Gasteiger partial charge in [-0.2, -0.15) is 0 Å². The molecule has 19 heavy (non-hydrogen) atoms. The van der Waals surface area contributed by atoms with E-state index in [1.165, 1.54) is 0 Å². The van der Waals surface area contributed by atoms with Crippen LogP contribution in [0.5, 0.6) is 0 Å². The van der Waals surface area contributed by atoms with Gasteiger partial charge in [0.25, 0.3) is 0 Å². The average Bonchev–Trinajstić information content (AvgIpc) is 2.42. The molecule has 0 aromatic heterocycles. The number of hydrogen-bond acceptors (Lipinski definition) is 7. The summed E-state index contributed by atoms with van der Waals surface area (Å²) in [4.78, 5) is 0. The lowest BCUT2D eigenvalue weighted by molar-refractivity contribution is -0.223. The van der Waals surface area contributed by atoms with Crippen LogP contribution >= 0.6 is 0 Å². The minimum absolute atomic E-state index is 0.617. The molecule has 7 heteroatoms. The lowest BCUT2D eigenvalue weighted by Crippen LogP contribution is -2.63. The Balaban J connectivity index is 0.000000399. The molecule has 0 unspecified atom stereocenters. The molecule has 6 N–H and O–H groups in total. The molecule has 0 spiro atoms. The molecule has 0 amide bonds. The lowest BCUT2D eigenvalue weighted by Gasteiger charge is -2.39. The zero-order chi connectivity index (χ0) is 15.0. The van der Waals surface area contributed by atoms with E-state index < -0.39 is 36.6 Å². The van der Waals surface area contributed by atoms with Gasteiger partial charge in [0.05, 0.1) is 13.2 Å². The first-order valence-corrected chi connectivity index (χ1v) is 5.76. The molecule has 0 atom stereocenters. The minimum atomic E-state index is -1.64. The summed E-state index contributed by atoms with van der Waals surface area (Å²) in [5.41, 5.74) is 0. The van der Waals surface area contributed by atoms with E-state index in [0.29, 0.717) is 13.2 Å². The summed E-state index contributed by atoms with van der Waals surface area (Å²) in [7, 11) is 0. The van der Waals surface area contributed by atoms with Gasteiger partial charge in [-0.3, -0.25) is 0 Å². The Morgan fingerprint density at radius 2 is 0.842 bits per heavy atom. The van der Waals surface area contributed by atoms with Crippen molar-refractivity contribution in [1.29, 1.82) is 0 Å². The highest BCUT2D eigenvalue weighted by atomic mass is 16.5. The Kier molecular flexibility index (Phi) is 8.77. The summed E-state index contributed by atoms with van der Waals surface area (Å²) in [6, 6.07) is 0. The largest absolute Gasteiger partial charge is 0.387 e. The van der Waals surface area contributed by atoms with E-state index in [9.17, 15) is 0 Å². The summed E-state index contributed by atoms with van der Waals surface area (Å²) in [5.74, 6) is 0. The quantitative estimate of drug-likeness (QED) is 0.248. The predicted molar refractivity (Wildman–Crippen MR) is 67.3 cm³/mol. The predicted octanol–water partition coefficient (Wildman–Crippen LogP) is -2.46. The highest BCUT2D eigenvalue weighted by molar-refractivity contribution is 4.98. The monoisotopic (exact) mass is 278 g/mol. The fourth-order valence-electron chi connectivity index (χ4n) is 1.45. The van der Waals surface area contributed by atoms with Crippen LogP contribution in [0.1, 0.15) is 0 Å². The molecule has 1 aliphatic carbocycles. The number of aliphatic hydroxyl groups is 6. The molecule has 1 saturated carbocycles. The number of rotatable bonds is 4. The van der Waals surface area contributed by atoms with Gasteiger partial charge in [-0.15, -0.1) is 13.2 Å². The van der Waals surface area contributed by atoms with E-state index in [1.54, 1.807) is 12.2 Å². The second-order valence-electron chi connectivity index (χ2n) is 4.06. The van der Waals surface area contributed by atoms with E-state index in [-0.39, 0.29) is 0 Å². The normalized spacial score (nSPS) is 38.0. The molecule has 112 valence electrons.